The zero-order valence-corrected chi connectivity index (χ0v) is 11.6. The molecular formula is C14H11ClFN5. The van der Waals surface area contributed by atoms with E-state index < -0.39 is 0 Å². The van der Waals surface area contributed by atoms with E-state index in [-0.39, 0.29) is 5.82 Å². The second-order valence-electron chi connectivity index (χ2n) is 4.49. The van der Waals surface area contributed by atoms with Gasteiger partial charge >= 0.3 is 0 Å². The fraction of sp³-hybridized carbons (Fsp3) is 0.0714. The lowest BCUT2D eigenvalue weighted by molar-refractivity contribution is 0.615. The molecule has 0 atom stereocenters. The third-order valence-electron chi connectivity index (χ3n) is 3.02. The van der Waals surface area contributed by atoms with Gasteiger partial charge in [-0.25, -0.2) is 9.07 Å². The highest BCUT2D eigenvalue weighted by molar-refractivity contribution is 6.33. The van der Waals surface area contributed by atoms with Gasteiger partial charge in [-0.1, -0.05) is 29.8 Å². The molecule has 0 spiro atoms. The van der Waals surface area contributed by atoms with Crippen molar-refractivity contribution in [3.05, 3.63) is 58.9 Å². The molecule has 2 aromatic carbocycles. The van der Waals surface area contributed by atoms with Crippen LogP contribution in [0.3, 0.4) is 0 Å². The van der Waals surface area contributed by atoms with E-state index in [2.05, 4.69) is 15.5 Å². The minimum atomic E-state index is -0.306. The van der Waals surface area contributed by atoms with Crippen molar-refractivity contribution in [3.8, 4) is 11.4 Å². The molecule has 0 unspecified atom stereocenters. The number of halogens is 2. The third kappa shape index (κ3) is 2.71. The van der Waals surface area contributed by atoms with E-state index in [1.54, 1.807) is 30.3 Å². The Morgan fingerprint density at radius 1 is 1.19 bits per heavy atom. The number of nitrogens with two attached hydrogens (primary N) is 1. The summed E-state index contributed by atoms with van der Waals surface area (Å²) in [7, 11) is 0. The Balaban J connectivity index is 2.02. The summed E-state index contributed by atoms with van der Waals surface area (Å²) < 4.78 is 14.8. The lowest BCUT2D eigenvalue weighted by Crippen LogP contribution is -2.06. The molecule has 0 fully saturated rings. The van der Waals surface area contributed by atoms with Crippen molar-refractivity contribution < 1.29 is 4.39 Å². The van der Waals surface area contributed by atoms with Crippen molar-refractivity contribution in [2.24, 2.45) is 0 Å². The number of aromatic nitrogens is 4. The van der Waals surface area contributed by atoms with Crippen molar-refractivity contribution in [1.29, 1.82) is 0 Å². The number of nitrogens with zero attached hydrogens (tertiary/aromatic N) is 4. The molecule has 0 aliphatic heterocycles. The summed E-state index contributed by atoms with van der Waals surface area (Å²) in [6, 6.07) is 11.4. The van der Waals surface area contributed by atoms with E-state index in [0.717, 1.165) is 5.56 Å². The molecule has 106 valence electrons. The van der Waals surface area contributed by atoms with Gasteiger partial charge in [0.25, 0.3) is 0 Å². The highest BCUT2D eigenvalue weighted by Crippen LogP contribution is 2.31. The predicted molar refractivity (Wildman–Crippen MR) is 78.2 cm³/mol. The first-order valence-electron chi connectivity index (χ1n) is 6.20. The molecule has 7 heteroatoms. The highest BCUT2D eigenvalue weighted by atomic mass is 35.5. The first kappa shape index (κ1) is 13.5. The number of tetrazole rings is 1. The van der Waals surface area contributed by atoms with Crippen molar-refractivity contribution in [3.63, 3.8) is 0 Å². The largest absolute Gasteiger partial charge is 0.398 e. The zero-order chi connectivity index (χ0) is 14.8. The Morgan fingerprint density at radius 3 is 2.76 bits per heavy atom. The molecule has 0 bridgehead atoms. The number of hydrogen-bond donors (Lipinski definition) is 1. The van der Waals surface area contributed by atoms with Gasteiger partial charge in [0.2, 0.25) is 0 Å². The molecule has 0 aliphatic carbocycles. The summed E-state index contributed by atoms with van der Waals surface area (Å²) in [5, 5.41) is 12.0. The average molecular weight is 304 g/mol. The Labute approximate surface area is 125 Å². The van der Waals surface area contributed by atoms with E-state index >= 15 is 0 Å². The predicted octanol–water partition coefficient (Wildman–Crippen LogP) is 2.76. The van der Waals surface area contributed by atoms with E-state index in [1.165, 1.54) is 16.8 Å². The Hall–Kier alpha value is -2.47. The van der Waals surface area contributed by atoms with Crippen LogP contribution < -0.4 is 5.73 Å². The number of anilines is 1. The molecule has 0 saturated heterocycles. The van der Waals surface area contributed by atoms with Crippen molar-refractivity contribution >= 4 is 17.3 Å². The third-order valence-corrected chi connectivity index (χ3v) is 3.34. The molecule has 21 heavy (non-hydrogen) atoms. The first-order valence-corrected chi connectivity index (χ1v) is 6.58. The maximum Gasteiger partial charge on any atom is 0.185 e. The van der Waals surface area contributed by atoms with Crippen LogP contribution in [0.1, 0.15) is 5.56 Å². The molecule has 0 aliphatic rings. The van der Waals surface area contributed by atoms with Crippen molar-refractivity contribution in [2.45, 2.75) is 6.54 Å². The van der Waals surface area contributed by atoms with E-state index in [4.69, 9.17) is 17.3 Å². The minimum Gasteiger partial charge on any atom is -0.398 e. The lowest BCUT2D eigenvalue weighted by Gasteiger charge is -2.08. The van der Waals surface area contributed by atoms with Crippen molar-refractivity contribution in [1.82, 2.24) is 20.2 Å². The van der Waals surface area contributed by atoms with Crippen LogP contribution in [0, 0.1) is 5.82 Å². The summed E-state index contributed by atoms with van der Waals surface area (Å²) in [4.78, 5) is 0. The SMILES string of the molecule is Nc1cccc(Cl)c1-c1nnnn1Cc1cccc(F)c1. The van der Waals surface area contributed by atoms with Gasteiger partial charge in [0, 0.05) is 5.69 Å². The summed E-state index contributed by atoms with van der Waals surface area (Å²) in [6.07, 6.45) is 0. The maximum absolute atomic E-state index is 13.2. The van der Waals surface area contributed by atoms with Gasteiger partial charge in [-0.3, -0.25) is 0 Å². The van der Waals surface area contributed by atoms with Crippen molar-refractivity contribution in [2.75, 3.05) is 5.73 Å². The van der Waals surface area contributed by atoms with Crippen LogP contribution in [-0.2, 0) is 6.54 Å². The number of nitrogen functional groups attached to an aromatic ring is 1. The summed E-state index contributed by atoms with van der Waals surface area (Å²) >= 11 is 6.17. The molecule has 0 saturated carbocycles. The van der Waals surface area contributed by atoms with Gasteiger partial charge in [-0.05, 0) is 40.3 Å². The molecule has 2 N–H and O–H groups in total. The summed E-state index contributed by atoms with van der Waals surface area (Å²) in [6.45, 7) is 0.324. The van der Waals surface area contributed by atoms with Gasteiger partial charge < -0.3 is 5.73 Å². The first-order chi connectivity index (χ1) is 10.1. The van der Waals surface area contributed by atoms with Crippen LogP contribution in [0.25, 0.3) is 11.4 Å². The Kier molecular flexibility index (Phi) is 3.53. The quantitative estimate of drug-likeness (QED) is 0.755. The van der Waals surface area contributed by atoms with Crippen LogP contribution in [0.5, 0.6) is 0 Å². The smallest absolute Gasteiger partial charge is 0.185 e. The minimum absolute atomic E-state index is 0.306. The van der Waals surface area contributed by atoms with Crippen LogP contribution in [0.15, 0.2) is 42.5 Å². The second kappa shape index (κ2) is 5.49. The molecule has 1 aromatic heterocycles. The molecule has 1 heterocycles. The second-order valence-corrected chi connectivity index (χ2v) is 4.90. The number of hydrogen-bond acceptors (Lipinski definition) is 4. The number of benzene rings is 2. The van der Waals surface area contributed by atoms with Crippen LogP contribution in [0.2, 0.25) is 5.02 Å². The molecule has 0 amide bonds. The fourth-order valence-electron chi connectivity index (χ4n) is 2.08. The average Bonchev–Trinajstić information content (AvgIpc) is 2.87. The lowest BCUT2D eigenvalue weighted by atomic mass is 10.1. The fourth-order valence-corrected chi connectivity index (χ4v) is 2.34. The maximum atomic E-state index is 13.2. The van der Waals surface area contributed by atoms with Gasteiger partial charge in [0.1, 0.15) is 5.82 Å². The van der Waals surface area contributed by atoms with Crippen LogP contribution in [0.4, 0.5) is 10.1 Å². The monoisotopic (exact) mass is 303 g/mol. The van der Waals surface area contributed by atoms with E-state index in [9.17, 15) is 4.39 Å². The standard InChI is InChI=1S/C14H11ClFN5/c15-11-5-2-6-12(17)13(11)14-18-19-20-21(14)8-9-3-1-4-10(16)7-9/h1-7H,8,17H2. The van der Waals surface area contributed by atoms with E-state index in [0.29, 0.717) is 28.6 Å². The van der Waals surface area contributed by atoms with E-state index in [1.807, 2.05) is 0 Å². The Morgan fingerprint density at radius 2 is 2.00 bits per heavy atom. The zero-order valence-electron chi connectivity index (χ0n) is 10.9. The van der Waals surface area contributed by atoms with Gasteiger partial charge in [0.15, 0.2) is 5.82 Å². The topological polar surface area (TPSA) is 69.6 Å². The summed E-state index contributed by atoms with van der Waals surface area (Å²) in [5.74, 6) is 0.141. The molecule has 3 rings (SSSR count). The van der Waals surface area contributed by atoms with Gasteiger partial charge in [-0.15, -0.1) is 5.10 Å². The Bertz CT molecular complexity index is 766. The summed E-state index contributed by atoms with van der Waals surface area (Å²) in [5.41, 5.74) is 7.74. The molecule has 0 radical (unpaired) electrons. The van der Waals surface area contributed by atoms with Gasteiger partial charge in [0.05, 0.1) is 17.1 Å². The molecule has 3 aromatic rings. The van der Waals surface area contributed by atoms with Crippen LogP contribution >= 0.6 is 11.6 Å². The van der Waals surface area contributed by atoms with Crippen LogP contribution in [-0.4, -0.2) is 20.2 Å². The molecular weight excluding hydrogens is 293 g/mol. The molecule has 5 nitrogen and oxygen atoms in total. The normalized spacial score (nSPS) is 10.8. The van der Waals surface area contributed by atoms with Gasteiger partial charge in [-0.2, -0.15) is 0 Å². The number of rotatable bonds is 3. The highest BCUT2D eigenvalue weighted by Gasteiger charge is 2.15.